The number of hydrogen-bond donors (Lipinski definition) is 0. The van der Waals surface area contributed by atoms with E-state index in [-0.39, 0.29) is 0 Å². The van der Waals surface area contributed by atoms with Crippen LogP contribution in [0.2, 0.25) is 0 Å². The molecule has 0 radical (unpaired) electrons. The van der Waals surface area contributed by atoms with Crippen molar-refractivity contribution in [2.24, 2.45) is 23.7 Å². The lowest BCUT2D eigenvalue weighted by Crippen LogP contribution is -2.26. The van der Waals surface area contributed by atoms with Gasteiger partial charge in [0.05, 0.1) is 12.9 Å². The molecule has 0 heterocycles. The van der Waals surface area contributed by atoms with E-state index in [2.05, 4.69) is 25.7 Å². The van der Waals surface area contributed by atoms with Crippen molar-refractivity contribution in [2.75, 3.05) is 6.61 Å². The van der Waals surface area contributed by atoms with Crippen LogP contribution in [0.5, 0.6) is 0 Å². The summed E-state index contributed by atoms with van der Waals surface area (Å²) in [6.07, 6.45) is 18.5. The second-order valence-electron chi connectivity index (χ2n) is 6.80. The molecular weight excluding hydrogens is 244 g/mol. The highest BCUT2D eigenvalue weighted by Gasteiger charge is 2.30. The van der Waals surface area contributed by atoms with Gasteiger partial charge in [0.2, 0.25) is 0 Å². The Balaban J connectivity index is 1.64. The van der Waals surface area contributed by atoms with Gasteiger partial charge in [0.25, 0.3) is 0 Å². The maximum atomic E-state index is 5.63. The van der Waals surface area contributed by atoms with Crippen LogP contribution in [0, 0.1) is 23.7 Å². The average molecular weight is 276 g/mol. The fraction of sp³-hybridized carbons (Fsp3) is 0.789. The summed E-state index contributed by atoms with van der Waals surface area (Å²) in [7, 11) is 0. The lowest BCUT2D eigenvalue weighted by Gasteiger charge is -2.37. The molecule has 0 unspecified atom stereocenters. The third-order valence-corrected chi connectivity index (χ3v) is 5.47. The van der Waals surface area contributed by atoms with Gasteiger partial charge in [0.1, 0.15) is 0 Å². The quantitative estimate of drug-likeness (QED) is 0.445. The van der Waals surface area contributed by atoms with Crippen LogP contribution in [0.1, 0.15) is 64.7 Å². The van der Waals surface area contributed by atoms with E-state index in [1.54, 1.807) is 0 Å². The van der Waals surface area contributed by atoms with E-state index in [1.165, 1.54) is 51.4 Å². The van der Waals surface area contributed by atoms with Crippen LogP contribution in [0.15, 0.2) is 25.0 Å². The minimum atomic E-state index is 0.803. The van der Waals surface area contributed by atoms with E-state index in [9.17, 15) is 0 Å². The van der Waals surface area contributed by atoms with Gasteiger partial charge < -0.3 is 4.74 Å². The molecule has 0 aromatic carbocycles. The molecule has 0 aliphatic heterocycles. The molecular formula is C19H32O. The predicted octanol–water partition coefficient (Wildman–Crippen LogP) is 5.73. The molecule has 1 nitrogen and oxygen atoms in total. The zero-order valence-electron chi connectivity index (χ0n) is 13.2. The summed E-state index contributed by atoms with van der Waals surface area (Å²) >= 11 is 0. The van der Waals surface area contributed by atoms with Gasteiger partial charge in [-0.15, -0.1) is 6.58 Å². The van der Waals surface area contributed by atoms with Gasteiger partial charge in [-0.2, -0.15) is 0 Å². The summed E-state index contributed by atoms with van der Waals surface area (Å²) in [6, 6.07) is 0. The predicted molar refractivity (Wildman–Crippen MR) is 86.5 cm³/mol. The van der Waals surface area contributed by atoms with Gasteiger partial charge >= 0.3 is 0 Å². The van der Waals surface area contributed by atoms with Gasteiger partial charge in [-0.05, 0) is 81.5 Å². The molecule has 0 amide bonds. The van der Waals surface area contributed by atoms with Crippen LogP contribution < -0.4 is 0 Å². The number of allylic oxidation sites excluding steroid dienone is 2. The largest absolute Gasteiger partial charge is 0.501 e. The van der Waals surface area contributed by atoms with E-state index in [0.29, 0.717) is 0 Å². The Bertz CT molecular complexity index is 291. The summed E-state index contributed by atoms with van der Waals surface area (Å²) < 4.78 is 5.63. The van der Waals surface area contributed by atoms with E-state index in [1.807, 2.05) is 6.26 Å². The Labute approximate surface area is 125 Å². The number of rotatable bonds is 6. The second kappa shape index (κ2) is 8.54. The average Bonchev–Trinajstić information content (AvgIpc) is 2.52. The van der Waals surface area contributed by atoms with Crippen molar-refractivity contribution in [1.82, 2.24) is 0 Å². The zero-order chi connectivity index (χ0) is 14.2. The highest BCUT2D eigenvalue weighted by Crippen LogP contribution is 2.41. The van der Waals surface area contributed by atoms with E-state index >= 15 is 0 Å². The molecule has 0 N–H and O–H groups in total. The van der Waals surface area contributed by atoms with Crippen LogP contribution in [0.4, 0.5) is 0 Å². The molecule has 0 saturated heterocycles. The molecule has 2 fully saturated rings. The first-order chi connectivity index (χ1) is 9.83. The third kappa shape index (κ3) is 4.68. The van der Waals surface area contributed by atoms with Crippen molar-refractivity contribution in [3.8, 4) is 0 Å². The Morgan fingerprint density at radius 2 is 1.55 bits per heavy atom. The summed E-state index contributed by atoms with van der Waals surface area (Å²) in [5, 5.41) is 0. The van der Waals surface area contributed by atoms with Gasteiger partial charge in [-0.1, -0.05) is 19.1 Å². The number of hydrogen-bond acceptors (Lipinski definition) is 1. The molecule has 0 aromatic heterocycles. The monoisotopic (exact) mass is 276 g/mol. The van der Waals surface area contributed by atoms with Crippen molar-refractivity contribution in [3.63, 3.8) is 0 Å². The fourth-order valence-corrected chi connectivity index (χ4v) is 4.03. The van der Waals surface area contributed by atoms with Crippen molar-refractivity contribution in [3.05, 3.63) is 25.0 Å². The van der Waals surface area contributed by atoms with Crippen LogP contribution in [0.3, 0.4) is 0 Å². The maximum Gasteiger partial charge on any atom is 0.0901 e. The Kier molecular flexibility index (Phi) is 6.69. The van der Waals surface area contributed by atoms with Crippen molar-refractivity contribution in [2.45, 2.75) is 64.7 Å². The van der Waals surface area contributed by atoms with Gasteiger partial charge in [0.15, 0.2) is 0 Å². The lowest BCUT2D eigenvalue weighted by atomic mass is 9.69. The SMILES string of the molecule is C=CC1CCC(C2CCC(COC=CCC)CC2)CC1. The van der Waals surface area contributed by atoms with Gasteiger partial charge in [0, 0.05) is 0 Å². The van der Waals surface area contributed by atoms with Crippen molar-refractivity contribution >= 4 is 0 Å². The topological polar surface area (TPSA) is 9.23 Å². The third-order valence-electron chi connectivity index (χ3n) is 5.47. The highest BCUT2D eigenvalue weighted by atomic mass is 16.5. The molecule has 0 spiro atoms. The molecule has 2 saturated carbocycles. The fourth-order valence-electron chi connectivity index (χ4n) is 4.03. The minimum Gasteiger partial charge on any atom is -0.501 e. The van der Waals surface area contributed by atoms with E-state index in [0.717, 1.165) is 36.7 Å². The molecule has 114 valence electrons. The Hall–Kier alpha value is -0.720. The standard InChI is InChI=1S/C19H32O/c1-3-5-14-20-15-17-8-12-19(13-9-17)18-10-6-16(4-2)7-11-18/h4-5,14,16-19H,2-3,6-13,15H2,1H3. The number of ether oxygens (including phenoxy) is 1. The molecule has 2 aliphatic rings. The molecule has 0 atom stereocenters. The van der Waals surface area contributed by atoms with Crippen LogP contribution >= 0.6 is 0 Å². The summed E-state index contributed by atoms with van der Waals surface area (Å²) in [4.78, 5) is 0. The Morgan fingerprint density at radius 3 is 2.10 bits per heavy atom. The minimum absolute atomic E-state index is 0.803. The van der Waals surface area contributed by atoms with Gasteiger partial charge in [-0.3, -0.25) is 0 Å². The molecule has 2 aliphatic carbocycles. The summed E-state index contributed by atoms with van der Waals surface area (Å²) in [6.45, 7) is 7.04. The zero-order valence-corrected chi connectivity index (χ0v) is 13.2. The molecule has 0 aromatic rings. The smallest absolute Gasteiger partial charge is 0.0901 e. The normalized spacial score (nSPS) is 35.0. The van der Waals surface area contributed by atoms with Gasteiger partial charge in [-0.25, -0.2) is 0 Å². The van der Waals surface area contributed by atoms with Crippen molar-refractivity contribution < 1.29 is 4.74 Å². The summed E-state index contributed by atoms with van der Waals surface area (Å²) in [5.74, 6) is 3.62. The molecule has 1 heteroatoms. The second-order valence-corrected chi connectivity index (χ2v) is 6.80. The van der Waals surface area contributed by atoms with Crippen LogP contribution in [-0.2, 0) is 4.74 Å². The first-order valence-corrected chi connectivity index (χ1v) is 8.72. The van der Waals surface area contributed by atoms with E-state index in [4.69, 9.17) is 4.74 Å². The first-order valence-electron chi connectivity index (χ1n) is 8.72. The molecule has 0 bridgehead atoms. The van der Waals surface area contributed by atoms with Crippen LogP contribution in [-0.4, -0.2) is 6.61 Å². The lowest BCUT2D eigenvalue weighted by molar-refractivity contribution is 0.113. The van der Waals surface area contributed by atoms with E-state index < -0.39 is 0 Å². The Morgan fingerprint density at radius 1 is 0.950 bits per heavy atom. The first kappa shape index (κ1) is 15.7. The summed E-state index contributed by atoms with van der Waals surface area (Å²) in [5.41, 5.74) is 0. The highest BCUT2D eigenvalue weighted by molar-refractivity contribution is 4.87. The maximum absolute atomic E-state index is 5.63. The molecule has 2 rings (SSSR count). The molecule has 20 heavy (non-hydrogen) atoms. The van der Waals surface area contributed by atoms with Crippen molar-refractivity contribution in [1.29, 1.82) is 0 Å². The van der Waals surface area contributed by atoms with Crippen LogP contribution in [0.25, 0.3) is 0 Å².